The van der Waals surface area contributed by atoms with Crippen molar-refractivity contribution in [3.8, 4) is 0 Å². The lowest BCUT2D eigenvalue weighted by Gasteiger charge is -2.18. The van der Waals surface area contributed by atoms with Crippen molar-refractivity contribution in [2.75, 3.05) is 6.54 Å². The summed E-state index contributed by atoms with van der Waals surface area (Å²) >= 11 is 0. The summed E-state index contributed by atoms with van der Waals surface area (Å²) in [6, 6.07) is 5.97. The van der Waals surface area contributed by atoms with E-state index in [9.17, 15) is 19.1 Å². The zero-order valence-electron chi connectivity index (χ0n) is 11.0. The third-order valence-corrected chi connectivity index (χ3v) is 3.49. The summed E-state index contributed by atoms with van der Waals surface area (Å²) in [4.78, 5) is 22.5. The summed E-state index contributed by atoms with van der Waals surface area (Å²) in [5.41, 5.74) is -1.09. The van der Waals surface area contributed by atoms with Crippen molar-refractivity contribution in [2.24, 2.45) is 5.92 Å². The van der Waals surface area contributed by atoms with Gasteiger partial charge in [-0.05, 0) is 37.0 Å². The highest BCUT2D eigenvalue weighted by molar-refractivity contribution is 5.84. The molecule has 1 aromatic carbocycles. The van der Waals surface area contributed by atoms with Crippen molar-refractivity contribution >= 4 is 11.9 Å². The van der Waals surface area contributed by atoms with Gasteiger partial charge in [-0.1, -0.05) is 12.1 Å². The molecule has 5 nitrogen and oxygen atoms in total. The number of hydrogen-bond acceptors (Lipinski definition) is 3. The standard InChI is InChI=1S/C14H16FNO4/c1-14(20,13(18)19)7-16-12(17)11-6-10(11)8-2-4-9(15)5-3-8/h2-5,10-11,20H,6-7H2,1H3,(H,16,17)(H,18,19). The lowest BCUT2D eigenvalue weighted by molar-refractivity contribution is -0.156. The molecule has 0 aliphatic heterocycles. The summed E-state index contributed by atoms with van der Waals surface area (Å²) < 4.78 is 12.8. The Hall–Kier alpha value is -1.95. The van der Waals surface area contributed by atoms with Gasteiger partial charge in [-0.2, -0.15) is 0 Å². The van der Waals surface area contributed by atoms with Crippen LogP contribution in [0.4, 0.5) is 4.39 Å². The van der Waals surface area contributed by atoms with Crippen molar-refractivity contribution in [1.29, 1.82) is 0 Å². The number of benzene rings is 1. The molecule has 3 N–H and O–H groups in total. The summed E-state index contributed by atoms with van der Waals surface area (Å²) in [6.07, 6.45) is 0.646. The van der Waals surface area contributed by atoms with Gasteiger partial charge in [0.05, 0.1) is 6.54 Å². The smallest absolute Gasteiger partial charge is 0.337 e. The molecule has 1 aromatic rings. The normalized spacial score (nSPS) is 23.8. The SMILES string of the molecule is CC(O)(CNC(=O)C1CC1c1ccc(F)cc1)C(=O)O. The van der Waals surface area contributed by atoms with Crippen molar-refractivity contribution in [3.05, 3.63) is 35.6 Å². The van der Waals surface area contributed by atoms with E-state index in [1.807, 2.05) is 0 Å². The Bertz CT molecular complexity index is 526. The van der Waals surface area contributed by atoms with E-state index in [4.69, 9.17) is 5.11 Å². The minimum absolute atomic E-state index is 0.0328. The van der Waals surface area contributed by atoms with Crippen molar-refractivity contribution in [3.63, 3.8) is 0 Å². The number of amides is 1. The number of nitrogens with one attached hydrogen (secondary N) is 1. The Kier molecular flexibility index (Phi) is 3.76. The van der Waals surface area contributed by atoms with Gasteiger partial charge in [-0.25, -0.2) is 9.18 Å². The van der Waals surface area contributed by atoms with Gasteiger partial charge in [-0.15, -0.1) is 0 Å². The van der Waals surface area contributed by atoms with Crippen LogP contribution in [0.15, 0.2) is 24.3 Å². The molecule has 0 aromatic heterocycles. The Morgan fingerprint density at radius 1 is 1.40 bits per heavy atom. The molecule has 3 unspecified atom stereocenters. The van der Waals surface area contributed by atoms with Crippen LogP contribution in [0.25, 0.3) is 0 Å². The molecule has 0 radical (unpaired) electrons. The Labute approximate surface area is 115 Å². The minimum atomic E-state index is -1.98. The average Bonchev–Trinajstić information content (AvgIpc) is 3.17. The summed E-state index contributed by atoms with van der Waals surface area (Å²) in [5.74, 6) is -2.21. The third-order valence-electron chi connectivity index (χ3n) is 3.49. The second kappa shape index (κ2) is 5.20. The molecule has 108 valence electrons. The van der Waals surface area contributed by atoms with E-state index >= 15 is 0 Å². The first-order valence-corrected chi connectivity index (χ1v) is 6.30. The number of rotatable bonds is 5. The molecule has 6 heteroatoms. The molecule has 2 rings (SSSR count). The first-order chi connectivity index (χ1) is 9.31. The van der Waals surface area contributed by atoms with Crippen LogP contribution in [0.5, 0.6) is 0 Å². The van der Waals surface area contributed by atoms with Crippen molar-refractivity contribution < 1.29 is 24.2 Å². The zero-order chi connectivity index (χ0) is 14.9. The predicted molar refractivity (Wildman–Crippen MR) is 68.5 cm³/mol. The number of carboxylic acid groups (broad SMARTS) is 1. The maximum Gasteiger partial charge on any atom is 0.337 e. The molecule has 0 spiro atoms. The van der Waals surface area contributed by atoms with E-state index in [0.29, 0.717) is 6.42 Å². The largest absolute Gasteiger partial charge is 0.479 e. The second-order valence-electron chi connectivity index (χ2n) is 5.30. The molecule has 1 fully saturated rings. The molecule has 0 saturated heterocycles. The Balaban J connectivity index is 1.87. The van der Waals surface area contributed by atoms with Crippen LogP contribution >= 0.6 is 0 Å². The predicted octanol–water partition coefficient (Wildman–Crippen LogP) is 0.881. The molecule has 0 heterocycles. The molecule has 3 atom stereocenters. The third kappa shape index (κ3) is 3.14. The van der Waals surface area contributed by atoms with Gasteiger partial charge in [0.15, 0.2) is 5.60 Å². The fraction of sp³-hybridized carbons (Fsp3) is 0.429. The van der Waals surface area contributed by atoms with Gasteiger partial charge >= 0.3 is 5.97 Å². The minimum Gasteiger partial charge on any atom is -0.479 e. The fourth-order valence-electron chi connectivity index (χ4n) is 2.03. The number of halogens is 1. The number of aliphatic carboxylic acids is 1. The van der Waals surface area contributed by atoms with Crippen LogP contribution in [-0.4, -0.2) is 34.2 Å². The van der Waals surface area contributed by atoms with Crippen molar-refractivity contribution in [1.82, 2.24) is 5.32 Å². The maximum atomic E-state index is 12.8. The van der Waals surface area contributed by atoms with Crippen LogP contribution in [0, 0.1) is 11.7 Å². The van der Waals surface area contributed by atoms with E-state index in [1.165, 1.54) is 12.1 Å². The van der Waals surface area contributed by atoms with Crippen LogP contribution in [-0.2, 0) is 9.59 Å². The molecule has 1 aliphatic rings. The maximum absolute atomic E-state index is 12.8. The highest BCUT2D eigenvalue weighted by Gasteiger charge is 2.44. The monoisotopic (exact) mass is 281 g/mol. The zero-order valence-corrected chi connectivity index (χ0v) is 11.0. The van der Waals surface area contributed by atoms with Gasteiger partial charge in [0, 0.05) is 5.92 Å². The lowest BCUT2D eigenvalue weighted by Crippen LogP contribution is -2.47. The first kappa shape index (κ1) is 14.5. The summed E-state index contributed by atoms with van der Waals surface area (Å²) in [7, 11) is 0. The molecule has 1 amide bonds. The molecular formula is C14H16FNO4. The highest BCUT2D eigenvalue weighted by atomic mass is 19.1. The van der Waals surface area contributed by atoms with Gasteiger partial charge in [0.1, 0.15) is 5.82 Å². The van der Waals surface area contributed by atoms with Crippen molar-refractivity contribution in [2.45, 2.75) is 24.9 Å². The number of aliphatic hydroxyl groups is 1. The van der Waals surface area contributed by atoms with E-state index in [2.05, 4.69) is 5.32 Å². The Morgan fingerprint density at radius 2 is 2.00 bits per heavy atom. The lowest BCUT2D eigenvalue weighted by atomic mass is 10.1. The molecule has 1 saturated carbocycles. The van der Waals surface area contributed by atoms with Gasteiger partial charge in [0.25, 0.3) is 0 Å². The van der Waals surface area contributed by atoms with Crippen LogP contribution in [0.1, 0.15) is 24.8 Å². The average molecular weight is 281 g/mol. The summed E-state index contributed by atoms with van der Waals surface area (Å²) in [6.45, 7) is 0.785. The topological polar surface area (TPSA) is 86.6 Å². The number of carboxylic acids is 1. The van der Waals surface area contributed by atoms with Gasteiger partial charge in [-0.3, -0.25) is 4.79 Å². The number of carbonyl (C=O) groups excluding carboxylic acids is 1. The van der Waals surface area contributed by atoms with E-state index in [-0.39, 0.29) is 30.1 Å². The van der Waals surface area contributed by atoms with E-state index < -0.39 is 11.6 Å². The quantitative estimate of drug-likeness (QED) is 0.748. The number of carbonyl (C=O) groups is 2. The first-order valence-electron chi connectivity index (χ1n) is 6.30. The number of hydrogen-bond donors (Lipinski definition) is 3. The van der Waals surface area contributed by atoms with Crippen LogP contribution in [0.3, 0.4) is 0 Å². The molecular weight excluding hydrogens is 265 g/mol. The molecule has 1 aliphatic carbocycles. The molecule has 20 heavy (non-hydrogen) atoms. The van der Waals surface area contributed by atoms with Crippen LogP contribution in [0.2, 0.25) is 0 Å². The van der Waals surface area contributed by atoms with Crippen LogP contribution < -0.4 is 5.32 Å². The summed E-state index contributed by atoms with van der Waals surface area (Å²) in [5, 5.41) is 20.7. The van der Waals surface area contributed by atoms with Gasteiger partial charge in [0.2, 0.25) is 5.91 Å². The van der Waals surface area contributed by atoms with E-state index in [1.54, 1.807) is 12.1 Å². The second-order valence-corrected chi connectivity index (χ2v) is 5.30. The van der Waals surface area contributed by atoms with Gasteiger partial charge < -0.3 is 15.5 Å². The van der Waals surface area contributed by atoms with E-state index in [0.717, 1.165) is 12.5 Å². The molecule has 0 bridgehead atoms. The fourth-order valence-corrected chi connectivity index (χ4v) is 2.03. The Morgan fingerprint density at radius 3 is 2.55 bits per heavy atom. The highest BCUT2D eigenvalue weighted by Crippen LogP contribution is 2.47.